The van der Waals surface area contributed by atoms with Crippen LogP contribution in [0.15, 0.2) is 30.6 Å². The number of aromatic nitrogens is 4. The number of piperazine rings is 1. The maximum atomic E-state index is 10.1. The molecule has 1 aliphatic carbocycles. The van der Waals surface area contributed by atoms with Gasteiger partial charge in [0.25, 0.3) is 0 Å². The van der Waals surface area contributed by atoms with E-state index < -0.39 is 0 Å². The van der Waals surface area contributed by atoms with Crippen molar-refractivity contribution in [1.29, 1.82) is 0 Å². The van der Waals surface area contributed by atoms with Gasteiger partial charge in [-0.1, -0.05) is 6.07 Å². The number of hydrogen-bond acceptors (Lipinski definition) is 8. The maximum absolute atomic E-state index is 10.1. The number of likely N-dealkylation sites (N-methyl/N-ethyl adjacent to an activating group) is 1. The summed E-state index contributed by atoms with van der Waals surface area (Å²) in [5.74, 6) is 0.949. The molecular weight excluding hydrogens is 454 g/mol. The van der Waals surface area contributed by atoms with Gasteiger partial charge in [-0.3, -0.25) is 9.88 Å². The van der Waals surface area contributed by atoms with Crippen LogP contribution in [0.3, 0.4) is 0 Å². The van der Waals surface area contributed by atoms with E-state index in [1.165, 1.54) is 5.69 Å². The van der Waals surface area contributed by atoms with E-state index >= 15 is 0 Å². The Morgan fingerprint density at radius 2 is 1.86 bits per heavy atom. The fourth-order valence-electron chi connectivity index (χ4n) is 5.40. The summed E-state index contributed by atoms with van der Waals surface area (Å²) in [4.78, 5) is 14.3. The van der Waals surface area contributed by atoms with Crippen molar-refractivity contribution in [2.75, 3.05) is 52.3 Å². The molecular formula is C27H39N7O2. The molecule has 1 aliphatic heterocycles. The Balaban J connectivity index is 1.42. The summed E-state index contributed by atoms with van der Waals surface area (Å²) < 4.78 is 7.30. The third-order valence-electron chi connectivity index (χ3n) is 7.57. The van der Waals surface area contributed by atoms with E-state index in [-0.39, 0.29) is 12.1 Å². The second-order valence-electron chi connectivity index (χ2n) is 10.5. The van der Waals surface area contributed by atoms with Crippen molar-refractivity contribution in [1.82, 2.24) is 29.4 Å². The van der Waals surface area contributed by atoms with Crippen molar-refractivity contribution < 1.29 is 9.84 Å². The molecule has 3 aromatic rings. The van der Waals surface area contributed by atoms with Crippen LogP contribution in [0.5, 0.6) is 0 Å². The fraction of sp³-hybridized carbons (Fsp3) is 0.593. The minimum atomic E-state index is -0.189. The van der Waals surface area contributed by atoms with E-state index in [0.717, 1.165) is 80.7 Å². The third kappa shape index (κ3) is 5.70. The largest absolute Gasteiger partial charge is 0.393 e. The molecule has 194 valence electrons. The normalized spacial score (nSPS) is 22.7. The summed E-state index contributed by atoms with van der Waals surface area (Å²) in [7, 11) is 3.87. The monoisotopic (exact) mass is 493 g/mol. The summed E-state index contributed by atoms with van der Waals surface area (Å²) in [6.07, 6.45) is 7.29. The van der Waals surface area contributed by atoms with E-state index in [0.29, 0.717) is 18.5 Å². The van der Waals surface area contributed by atoms with Gasteiger partial charge in [0.15, 0.2) is 0 Å². The summed E-state index contributed by atoms with van der Waals surface area (Å²) in [6.45, 7) is 7.90. The van der Waals surface area contributed by atoms with E-state index in [4.69, 9.17) is 14.8 Å². The molecule has 9 heteroatoms. The summed E-state index contributed by atoms with van der Waals surface area (Å²) in [6, 6.07) is 6.69. The van der Waals surface area contributed by atoms with Crippen LogP contribution in [-0.2, 0) is 11.3 Å². The lowest BCUT2D eigenvalue weighted by atomic mass is 9.85. The van der Waals surface area contributed by atoms with Crippen molar-refractivity contribution >= 4 is 11.5 Å². The highest BCUT2D eigenvalue weighted by atomic mass is 16.5. The zero-order chi connectivity index (χ0) is 25.1. The van der Waals surface area contributed by atoms with Crippen molar-refractivity contribution in [3.63, 3.8) is 0 Å². The number of nitrogens with one attached hydrogen (secondary N) is 1. The van der Waals surface area contributed by atoms with Crippen LogP contribution >= 0.6 is 0 Å². The summed E-state index contributed by atoms with van der Waals surface area (Å²) in [5.41, 5.74) is 5.44. The Morgan fingerprint density at radius 1 is 1.08 bits per heavy atom. The lowest BCUT2D eigenvalue weighted by molar-refractivity contribution is 0.121. The molecule has 0 radical (unpaired) electrons. The van der Waals surface area contributed by atoms with Gasteiger partial charge in [-0.15, -0.1) is 5.10 Å². The number of methoxy groups -OCH3 is 1. The van der Waals surface area contributed by atoms with Gasteiger partial charge in [-0.2, -0.15) is 0 Å². The van der Waals surface area contributed by atoms with Crippen molar-refractivity contribution in [3.05, 3.63) is 42.0 Å². The minimum Gasteiger partial charge on any atom is -0.393 e. The van der Waals surface area contributed by atoms with Crippen molar-refractivity contribution in [2.24, 2.45) is 0 Å². The number of anilines is 1. The number of hydrogen-bond donors (Lipinski definition) is 2. The lowest BCUT2D eigenvalue weighted by Crippen LogP contribution is -2.43. The zero-order valence-electron chi connectivity index (χ0n) is 21.7. The first-order valence-corrected chi connectivity index (χ1v) is 13.2. The molecule has 3 aromatic heterocycles. The molecule has 0 amide bonds. The number of ether oxygens (including phenoxy) is 1. The number of fused-ring (bicyclic) bond motifs is 1. The van der Waals surface area contributed by atoms with Gasteiger partial charge in [0.05, 0.1) is 30.1 Å². The van der Waals surface area contributed by atoms with Crippen LogP contribution in [0.2, 0.25) is 0 Å². The van der Waals surface area contributed by atoms with Crippen LogP contribution in [0.1, 0.15) is 49.9 Å². The van der Waals surface area contributed by atoms with Gasteiger partial charge in [0, 0.05) is 74.8 Å². The Bertz CT molecular complexity index is 1130. The molecule has 5 rings (SSSR count). The molecule has 2 aliphatic rings. The Morgan fingerprint density at radius 3 is 2.56 bits per heavy atom. The first-order chi connectivity index (χ1) is 17.5. The predicted molar refractivity (Wildman–Crippen MR) is 141 cm³/mol. The van der Waals surface area contributed by atoms with Crippen LogP contribution in [0, 0.1) is 0 Å². The Kier molecular flexibility index (Phi) is 7.81. The molecule has 1 saturated heterocycles. The molecule has 4 heterocycles. The molecule has 1 atom stereocenters. The molecule has 0 bridgehead atoms. The lowest BCUT2D eigenvalue weighted by Gasteiger charge is -2.32. The molecule has 0 spiro atoms. The molecule has 0 aromatic carbocycles. The average molecular weight is 494 g/mol. The Hall–Kier alpha value is -2.59. The average Bonchev–Trinajstić information content (AvgIpc) is 3.25. The molecule has 1 saturated carbocycles. The molecule has 9 nitrogen and oxygen atoms in total. The van der Waals surface area contributed by atoms with E-state index in [2.05, 4.69) is 52.3 Å². The number of nitrogens with zero attached hydrogens (tertiary/aromatic N) is 6. The van der Waals surface area contributed by atoms with E-state index in [9.17, 15) is 5.11 Å². The van der Waals surface area contributed by atoms with E-state index in [1.54, 1.807) is 7.11 Å². The quantitative estimate of drug-likeness (QED) is 0.495. The van der Waals surface area contributed by atoms with Gasteiger partial charge < -0.3 is 20.1 Å². The van der Waals surface area contributed by atoms with Crippen molar-refractivity contribution in [2.45, 2.75) is 57.2 Å². The predicted octanol–water partition coefficient (Wildman–Crippen LogP) is 3.00. The summed E-state index contributed by atoms with van der Waals surface area (Å²) >= 11 is 0. The number of aliphatic hydroxyl groups excluding tert-OH is 1. The fourth-order valence-corrected chi connectivity index (χ4v) is 5.40. The second kappa shape index (κ2) is 11.2. The van der Waals surface area contributed by atoms with E-state index in [1.807, 2.05) is 16.9 Å². The second-order valence-corrected chi connectivity index (χ2v) is 10.5. The van der Waals surface area contributed by atoms with Gasteiger partial charge >= 0.3 is 0 Å². The molecule has 2 fully saturated rings. The topological polar surface area (TPSA) is 91.0 Å². The van der Waals surface area contributed by atoms with Crippen LogP contribution in [0.25, 0.3) is 16.6 Å². The number of pyridine rings is 1. The standard InChI is InChI=1S/C27H39N7O2/c1-19(18-36-3)30-27-29-16-26-24(14-25(34(26)31-27)20-5-8-23(35)9-6-20)21-4-7-22(28-15-21)17-33-12-10-32(2)11-13-33/h4,7,14-16,19-20,23,35H,5-6,8-13,17-18H2,1-3H3,(H,30,31)/t19-,20-,23-/m0/s1. The zero-order valence-corrected chi connectivity index (χ0v) is 21.7. The molecule has 0 unspecified atom stereocenters. The SMILES string of the molecule is COC[C@H](C)Nc1ncc2c(-c3ccc(CN4CCN(C)CC4)nc3)cc([C@H]3CC[C@H](O)CC3)n2n1. The number of aliphatic hydroxyl groups is 1. The highest BCUT2D eigenvalue weighted by Gasteiger charge is 2.26. The van der Waals surface area contributed by atoms with Gasteiger partial charge in [-0.25, -0.2) is 9.50 Å². The Labute approximate surface area is 213 Å². The smallest absolute Gasteiger partial charge is 0.241 e. The van der Waals surface area contributed by atoms with Crippen LogP contribution in [-0.4, -0.2) is 93.6 Å². The highest BCUT2D eigenvalue weighted by Crippen LogP contribution is 2.37. The highest BCUT2D eigenvalue weighted by molar-refractivity contribution is 5.81. The van der Waals surface area contributed by atoms with Gasteiger partial charge in [0.2, 0.25) is 5.95 Å². The van der Waals surface area contributed by atoms with Crippen LogP contribution in [0.4, 0.5) is 5.95 Å². The summed E-state index contributed by atoms with van der Waals surface area (Å²) in [5, 5.41) is 18.3. The van der Waals surface area contributed by atoms with Crippen LogP contribution < -0.4 is 5.32 Å². The third-order valence-corrected chi connectivity index (χ3v) is 7.57. The minimum absolute atomic E-state index is 0.104. The first-order valence-electron chi connectivity index (χ1n) is 13.2. The van der Waals surface area contributed by atoms with Crippen molar-refractivity contribution in [3.8, 4) is 11.1 Å². The molecule has 36 heavy (non-hydrogen) atoms. The maximum Gasteiger partial charge on any atom is 0.241 e. The van der Waals surface area contributed by atoms with Gasteiger partial charge in [-0.05, 0) is 51.8 Å². The number of rotatable bonds is 8. The van der Waals surface area contributed by atoms with Gasteiger partial charge in [0.1, 0.15) is 0 Å². The molecule has 2 N–H and O–H groups in total. The first kappa shape index (κ1) is 25.1.